The maximum absolute atomic E-state index is 14.2. The molecule has 4 aromatic heterocycles. The number of benzene rings is 2. The van der Waals surface area contributed by atoms with Crippen LogP contribution in [0.5, 0.6) is 5.88 Å². The summed E-state index contributed by atoms with van der Waals surface area (Å²) >= 11 is 3.19. The number of hydrogen-bond acceptors (Lipinski definition) is 15. The van der Waals surface area contributed by atoms with Gasteiger partial charge in [0, 0.05) is 34.5 Å². The molecule has 1 fully saturated rings. The molecule has 17 nitrogen and oxygen atoms in total. The van der Waals surface area contributed by atoms with Crippen LogP contribution in [0.4, 0.5) is 0 Å². The molecule has 2 aliphatic heterocycles. The third kappa shape index (κ3) is 9.82. The van der Waals surface area contributed by atoms with E-state index in [0.29, 0.717) is 17.3 Å². The second-order valence-corrected chi connectivity index (χ2v) is 20.2. The van der Waals surface area contributed by atoms with Crippen LogP contribution in [-0.2, 0) is 23.9 Å². The molecule has 0 spiro atoms. The van der Waals surface area contributed by atoms with Crippen LogP contribution in [0.15, 0.2) is 71.4 Å². The second-order valence-electron chi connectivity index (χ2n) is 18.2. The lowest BCUT2D eigenvalue weighted by Gasteiger charge is -2.35. The number of thiophene rings is 1. The number of aliphatic hydroxyl groups is 1. The number of rotatable bonds is 13. The van der Waals surface area contributed by atoms with Crippen molar-refractivity contribution in [2.45, 2.75) is 98.5 Å². The summed E-state index contributed by atoms with van der Waals surface area (Å²) in [5.74, 6) is -0.487. The van der Waals surface area contributed by atoms with Gasteiger partial charge in [0.2, 0.25) is 17.7 Å². The summed E-state index contributed by atoms with van der Waals surface area (Å²) in [5, 5.41) is 26.2. The fourth-order valence-corrected chi connectivity index (χ4v) is 10.5. The number of thiazole rings is 1. The molecule has 0 aliphatic carbocycles. The Morgan fingerprint density at radius 1 is 0.912 bits per heavy atom. The van der Waals surface area contributed by atoms with Gasteiger partial charge in [-0.05, 0) is 56.7 Å². The fourth-order valence-electron chi connectivity index (χ4n) is 8.46. The number of likely N-dealkylation sites (tertiary alicyclic amines) is 1. The van der Waals surface area contributed by atoms with Gasteiger partial charge in [0.15, 0.2) is 12.4 Å². The maximum atomic E-state index is 14.2. The van der Waals surface area contributed by atoms with E-state index in [1.165, 1.54) is 18.2 Å². The minimum Gasteiger partial charge on any atom is -0.469 e. The molecule has 2 unspecified atom stereocenters. The molecule has 6 heterocycles. The number of nitrogens with zero attached hydrogens (tertiary/aromatic N) is 8. The standard InChI is InChI=1S/C49H54N10O7S2/c1-25-28(4)68-48-41(25)42(54-35(19-40(62)65-9)45-57-56-29(5)59(45)48)32-14-12-31(13-15-32)36-20-51-39(21-50-36)66-23-38(61)55-44(49(6,7)8)47(64)58-22-34(60)18-37(58)46(63)53-26(2)30-10-16-33(17-11-30)43-27(3)52-24-67-43/h10-17,20-21,24,26,34-35,37,44,60H,18-19,22-23H2,1-9H3,(H,53,63)(H,55,61)/t26?,34-,35+,37+,44?/m1/s1. The number of β-amino-alcohol motifs (C(OH)–C–C–N with tert-alkyl or cyclic N) is 1. The Morgan fingerprint density at radius 3 is 2.26 bits per heavy atom. The minimum absolute atomic E-state index is 0.000465. The molecule has 0 radical (unpaired) electrons. The molecular weight excluding hydrogens is 905 g/mol. The van der Waals surface area contributed by atoms with Crippen molar-refractivity contribution in [2.24, 2.45) is 10.4 Å². The van der Waals surface area contributed by atoms with E-state index >= 15 is 0 Å². The average Bonchev–Trinajstić information content (AvgIpc) is 4.09. The normalized spacial score (nSPS) is 17.6. The molecule has 3 amide bonds. The highest BCUT2D eigenvalue weighted by Gasteiger charge is 2.45. The van der Waals surface area contributed by atoms with Gasteiger partial charge in [0.1, 0.15) is 29.0 Å². The Hall–Kier alpha value is -6.70. The number of aromatic nitrogens is 6. The molecule has 68 heavy (non-hydrogen) atoms. The number of aliphatic imine (C=N–C) groups is 1. The van der Waals surface area contributed by atoms with E-state index in [1.807, 2.05) is 100 Å². The third-order valence-corrected chi connectivity index (χ3v) is 14.5. The van der Waals surface area contributed by atoms with Gasteiger partial charge in [-0.2, -0.15) is 0 Å². The van der Waals surface area contributed by atoms with Crippen molar-refractivity contribution in [3.63, 3.8) is 0 Å². The van der Waals surface area contributed by atoms with Crippen LogP contribution in [0.25, 0.3) is 26.7 Å². The predicted octanol–water partition coefficient (Wildman–Crippen LogP) is 6.35. The number of fused-ring (bicyclic) bond motifs is 3. The molecule has 3 N–H and O–H groups in total. The van der Waals surface area contributed by atoms with E-state index < -0.39 is 59.9 Å². The van der Waals surface area contributed by atoms with E-state index in [4.69, 9.17) is 14.5 Å². The van der Waals surface area contributed by atoms with Crippen LogP contribution in [0.2, 0.25) is 0 Å². The first-order chi connectivity index (χ1) is 32.4. The number of amides is 3. The summed E-state index contributed by atoms with van der Waals surface area (Å²) < 4.78 is 12.7. The number of nitrogens with one attached hydrogen (secondary N) is 2. The van der Waals surface area contributed by atoms with Crippen LogP contribution in [0.1, 0.15) is 97.1 Å². The molecule has 5 atom stereocenters. The molecule has 2 aliphatic rings. The second kappa shape index (κ2) is 19.5. The van der Waals surface area contributed by atoms with E-state index in [9.17, 15) is 24.3 Å². The largest absolute Gasteiger partial charge is 0.469 e. The minimum atomic E-state index is -1.04. The van der Waals surface area contributed by atoms with Gasteiger partial charge in [-0.15, -0.1) is 32.9 Å². The number of carbonyl (C=O) groups excluding carboxylic acids is 4. The SMILES string of the molecule is COC(=O)C[C@@H]1N=C(c2ccc(-c3cnc(OCC(=O)NC(C(=O)N4C[C@H](O)C[C@H]4C(=O)NC(C)c4ccc(-c5scnc5C)cc4)C(C)(C)C)cn3)cc2)c2c(sc(C)c2C)-n2c(C)nnc21. The molecule has 6 aromatic rings. The van der Waals surface area contributed by atoms with Crippen molar-refractivity contribution in [3.8, 4) is 32.6 Å². The molecule has 1 saturated heterocycles. The van der Waals surface area contributed by atoms with Gasteiger partial charge < -0.3 is 30.1 Å². The first-order valence-electron chi connectivity index (χ1n) is 22.2. The maximum Gasteiger partial charge on any atom is 0.308 e. The van der Waals surface area contributed by atoms with Gasteiger partial charge >= 0.3 is 5.97 Å². The number of esters is 1. The zero-order valence-electron chi connectivity index (χ0n) is 39.4. The van der Waals surface area contributed by atoms with Crippen molar-refractivity contribution in [1.82, 2.24) is 45.2 Å². The Morgan fingerprint density at radius 2 is 1.62 bits per heavy atom. The van der Waals surface area contributed by atoms with Gasteiger partial charge in [-0.25, -0.2) is 15.0 Å². The predicted molar refractivity (Wildman–Crippen MR) is 258 cm³/mol. The summed E-state index contributed by atoms with van der Waals surface area (Å²) in [6.45, 7) is 14.8. The summed E-state index contributed by atoms with van der Waals surface area (Å²) in [6, 6.07) is 12.7. The summed E-state index contributed by atoms with van der Waals surface area (Å²) in [5.41, 5.74) is 8.85. The van der Waals surface area contributed by atoms with Gasteiger partial charge in [-0.1, -0.05) is 69.3 Å². The number of aryl methyl sites for hydroxylation is 3. The van der Waals surface area contributed by atoms with Gasteiger partial charge in [0.05, 0.1) is 65.6 Å². The topological polar surface area (TPSA) is 216 Å². The van der Waals surface area contributed by atoms with E-state index in [1.54, 1.807) is 28.9 Å². The zero-order chi connectivity index (χ0) is 48.6. The van der Waals surface area contributed by atoms with Gasteiger partial charge in [-0.3, -0.25) is 28.7 Å². The van der Waals surface area contributed by atoms with Gasteiger partial charge in [0.25, 0.3) is 5.91 Å². The monoisotopic (exact) mass is 958 g/mol. The molecule has 19 heteroatoms. The van der Waals surface area contributed by atoms with E-state index in [0.717, 1.165) is 59.5 Å². The van der Waals surface area contributed by atoms with Crippen LogP contribution in [-0.4, -0.2) is 108 Å². The molecule has 0 saturated carbocycles. The number of methoxy groups -OCH3 is 1. The van der Waals surface area contributed by atoms with Crippen molar-refractivity contribution in [2.75, 3.05) is 20.3 Å². The van der Waals surface area contributed by atoms with Crippen LogP contribution in [0.3, 0.4) is 0 Å². The highest BCUT2D eigenvalue weighted by Crippen LogP contribution is 2.40. The first kappa shape index (κ1) is 47.8. The Bertz CT molecular complexity index is 2880. The summed E-state index contributed by atoms with van der Waals surface area (Å²) in [6.07, 6.45) is 2.12. The molecule has 0 bridgehead atoms. The smallest absolute Gasteiger partial charge is 0.308 e. The van der Waals surface area contributed by atoms with E-state index in [-0.39, 0.29) is 31.3 Å². The average molecular weight is 959 g/mol. The molecule has 8 rings (SSSR count). The quantitative estimate of drug-likeness (QED) is 0.108. The van der Waals surface area contributed by atoms with Crippen LogP contribution >= 0.6 is 22.7 Å². The Kier molecular flexibility index (Phi) is 13.7. The van der Waals surface area contributed by atoms with Crippen LogP contribution < -0.4 is 15.4 Å². The summed E-state index contributed by atoms with van der Waals surface area (Å²) in [7, 11) is 1.35. The fraction of sp³-hybridized carbons (Fsp3) is 0.388. The number of ether oxygens (including phenoxy) is 2. The van der Waals surface area contributed by atoms with Crippen molar-refractivity contribution in [1.29, 1.82) is 0 Å². The highest BCUT2D eigenvalue weighted by atomic mass is 32.1. The first-order valence-corrected chi connectivity index (χ1v) is 23.9. The molecule has 2 aromatic carbocycles. The molecule has 354 valence electrons. The van der Waals surface area contributed by atoms with E-state index in [2.05, 4.69) is 49.6 Å². The summed E-state index contributed by atoms with van der Waals surface area (Å²) in [4.78, 5) is 75.8. The van der Waals surface area contributed by atoms with Crippen LogP contribution in [0, 0.1) is 33.1 Å². The van der Waals surface area contributed by atoms with Crippen molar-refractivity contribution < 1.29 is 33.8 Å². The van der Waals surface area contributed by atoms with Crippen molar-refractivity contribution >= 4 is 52.1 Å². The third-order valence-electron chi connectivity index (χ3n) is 12.3. The Labute approximate surface area is 402 Å². The van der Waals surface area contributed by atoms with Crippen molar-refractivity contribution in [3.05, 3.63) is 111 Å². The zero-order valence-corrected chi connectivity index (χ0v) is 41.0. The number of carbonyl (C=O) groups is 4. The highest BCUT2D eigenvalue weighted by molar-refractivity contribution is 7.15. The number of aliphatic hydroxyl groups excluding tert-OH is 1. The number of hydrogen-bond donors (Lipinski definition) is 3. The lowest BCUT2D eigenvalue weighted by molar-refractivity contribution is -0.144. The lowest BCUT2D eigenvalue weighted by Crippen LogP contribution is -2.58. The lowest BCUT2D eigenvalue weighted by atomic mass is 9.85. The molecular formula is C49H54N10O7S2. The Balaban J connectivity index is 0.905.